The number of amides is 4. The number of aryl methyl sites for hydroxylation is 1. The van der Waals surface area contributed by atoms with Crippen molar-refractivity contribution in [1.29, 1.82) is 0 Å². The fourth-order valence-electron chi connectivity index (χ4n) is 3.64. The fraction of sp³-hybridized carbons (Fsp3) is 0.148. The zero-order valence-corrected chi connectivity index (χ0v) is 22.1. The number of carbonyl (C=O) groups excluding carboxylic acids is 3. The van der Waals surface area contributed by atoms with E-state index >= 15 is 0 Å². The Kier molecular flexibility index (Phi) is 8.07. The number of barbiturate groups is 1. The summed E-state index contributed by atoms with van der Waals surface area (Å²) < 4.78 is 11.6. The number of benzene rings is 3. The summed E-state index contributed by atoms with van der Waals surface area (Å²) in [5, 5.41) is 3.35. The van der Waals surface area contributed by atoms with E-state index in [2.05, 4.69) is 5.32 Å². The molecule has 1 saturated heterocycles. The molecule has 0 bridgehead atoms. The predicted molar refractivity (Wildman–Crippen MR) is 144 cm³/mol. The number of nitrogens with one attached hydrogen (secondary N) is 1. The second-order valence-corrected chi connectivity index (χ2v) is 9.32. The molecule has 1 heterocycles. The molecule has 3 aromatic carbocycles. The summed E-state index contributed by atoms with van der Waals surface area (Å²) >= 11 is 18.7. The third-order valence-electron chi connectivity index (χ3n) is 5.43. The lowest BCUT2D eigenvalue weighted by atomic mass is 10.1. The Morgan fingerprint density at radius 3 is 2.43 bits per heavy atom. The van der Waals surface area contributed by atoms with Crippen LogP contribution < -0.4 is 19.7 Å². The fourth-order valence-corrected chi connectivity index (χ4v) is 4.30. The summed E-state index contributed by atoms with van der Waals surface area (Å²) in [6.07, 6.45) is 1.34. The normalized spacial score (nSPS) is 14.7. The lowest BCUT2D eigenvalue weighted by Crippen LogP contribution is -2.54. The number of carbonyl (C=O) groups is 3. The van der Waals surface area contributed by atoms with Crippen molar-refractivity contribution in [3.05, 3.63) is 91.9 Å². The first kappa shape index (κ1) is 26.5. The molecule has 1 N–H and O–H groups in total. The quantitative estimate of drug-likeness (QED) is 0.260. The van der Waals surface area contributed by atoms with Crippen molar-refractivity contribution >= 4 is 64.4 Å². The van der Waals surface area contributed by atoms with Crippen LogP contribution in [0.1, 0.15) is 23.6 Å². The van der Waals surface area contributed by atoms with Gasteiger partial charge in [0.05, 0.1) is 17.3 Å². The number of rotatable bonds is 7. The Balaban J connectivity index is 1.67. The Morgan fingerprint density at radius 1 is 0.946 bits per heavy atom. The largest absolute Gasteiger partial charge is 0.490 e. The third-order valence-corrected chi connectivity index (χ3v) is 6.35. The number of imide groups is 2. The molecule has 7 nitrogen and oxygen atoms in total. The standard InChI is InChI=1S/C27H21Cl3N2O5/c1-3-36-23-12-17(11-22(30)24(23)37-14-16-5-4-6-18(28)9-16)10-20-25(33)31-27(35)32(26(20)34)19-8-7-15(2)21(29)13-19/h4-13H,3,14H2,1-2H3,(H,31,33,35)/b20-10+. The molecular weight excluding hydrogens is 539 g/mol. The summed E-state index contributed by atoms with van der Waals surface area (Å²) in [4.78, 5) is 39.2. The highest BCUT2D eigenvalue weighted by Crippen LogP contribution is 2.38. The van der Waals surface area contributed by atoms with Gasteiger partial charge in [-0.1, -0.05) is 53.0 Å². The summed E-state index contributed by atoms with van der Waals surface area (Å²) in [5.41, 5.74) is 1.98. The zero-order chi connectivity index (χ0) is 26.7. The molecule has 4 rings (SSSR count). The van der Waals surface area contributed by atoms with Crippen molar-refractivity contribution in [3.8, 4) is 11.5 Å². The van der Waals surface area contributed by atoms with Gasteiger partial charge in [0.1, 0.15) is 12.2 Å². The van der Waals surface area contributed by atoms with Gasteiger partial charge in [0, 0.05) is 10.0 Å². The summed E-state index contributed by atoms with van der Waals surface area (Å²) in [5.74, 6) is -1.01. The zero-order valence-electron chi connectivity index (χ0n) is 19.8. The van der Waals surface area contributed by atoms with Crippen LogP contribution in [0, 0.1) is 6.92 Å². The lowest BCUT2D eigenvalue weighted by molar-refractivity contribution is -0.122. The van der Waals surface area contributed by atoms with Crippen LogP contribution in [-0.2, 0) is 16.2 Å². The van der Waals surface area contributed by atoms with Crippen molar-refractivity contribution in [1.82, 2.24) is 5.32 Å². The minimum atomic E-state index is -0.870. The van der Waals surface area contributed by atoms with Crippen LogP contribution >= 0.6 is 34.8 Å². The van der Waals surface area contributed by atoms with Gasteiger partial charge in [-0.25, -0.2) is 9.69 Å². The smallest absolute Gasteiger partial charge is 0.335 e. The Bertz CT molecular complexity index is 1440. The van der Waals surface area contributed by atoms with Gasteiger partial charge in [0.25, 0.3) is 11.8 Å². The topological polar surface area (TPSA) is 84.9 Å². The van der Waals surface area contributed by atoms with Crippen LogP contribution in [0.25, 0.3) is 6.08 Å². The lowest BCUT2D eigenvalue weighted by Gasteiger charge is -2.26. The van der Waals surface area contributed by atoms with E-state index in [1.807, 2.05) is 12.1 Å². The average molecular weight is 560 g/mol. The first-order valence-electron chi connectivity index (χ1n) is 11.2. The second-order valence-electron chi connectivity index (χ2n) is 8.07. The molecule has 0 radical (unpaired) electrons. The molecule has 0 aliphatic carbocycles. The average Bonchev–Trinajstić information content (AvgIpc) is 2.83. The maximum Gasteiger partial charge on any atom is 0.335 e. The molecule has 1 aliphatic rings. The molecule has 3 aromatic rings. The molecule has 0 saturated carbocycles. The Hall–Kier alpha value is -3.52. The molecular formula is C27H21Cl3N2O5. The van der Waals surface area contributed by atoms with Crippen LogP contribution in [0.3, 0.4) is 0 Å². The van der Waals surface area contributed by atoms with Gasteiger partial charge >= 0.3 is 6.03 Å². The van der Waals surface area contributed by atoms with Crippen molar-refractivity contribution < 1.29 is 23.9 Å². The van der Waals surface area contributed by atoms with E-state index in [9.17, 15) is 14.4 Å². The summed E-state index contributed by atoms with van der Waals surface area (Å²) in [6.45, 7) is 4.10. The van der Waals surface area contributed by atoms with Crippen molar-refractivity contribution in [3.63, 3.8) is 0 Å². The SMILES string of the molecule is CCOc1cc(/C=C2\C(=O)NC(=O)N(c3ccc(C)c(Cl)c3)C2=O)cc(Cl)c1OCc1cccc(Cl)c1. The van der Waals surface area contributed by atoms with E-state index in [0.29, 0.717) is 33.7 Å². The minimum Gasteiger partial charge on any atom is -0.490 e. The molecule has 37 heavy (non-hydrogen) atoms. The predicted octanol–water partition coefficient (Wildman–Crippen LogP) is 6.60. The van der Waals surface area contributed by atoms with Crippen LogP contribution in [0.5, 0.6) is 11.5 Å². The van der Waals surface area contributed by atoms with Crippen molar-refractivity contribution in [2.75, 3.05) is 11.5 Å². The van der Waals surface area contributed by atoms with Gasteiger partial charge < -0.3 is 9.47 Å². The number of ether oxygens (including phenoxy) is 2. The van der Waals surface area contributed by atoms with Gasteiger partial charge in [-0.15, -0.1) is 0 Å². The van der Waals surface area contributed by atoms with Gasteiger partial charge in [0.2, 0.25) is 0 Å². The molecule has 0 spiro atoms. The van der Waals surface area contributed by atoms with Gasteiger partial charge in [-0.05, 0) is 73.0 Å². The van der Waals surface area contributed by atoms with E-state index in [1.165, 1.54) is 18.2 Å². The molecule has 0 unspecified atom stereocenters. The first-order valence-corrected chi connectivity index (χ1v) is 12.3. The molecule has 10 heteroatoms. The van der Waals surface area contributed by atoms with Crippen LogP contribution in [0.4, 0.5) is 10.5 Å². The van der Waals surface area contributed by atoms with E-state index in [-0.39, 0.29) is 22.9 Å². The Morgan fingerprint density at radius 2 is 1.73 bits per heavy atom. The molecule has 0 aromatic heterocycles. The maximum atomic E-state index is 13.2. The number of hydrogen-bond acceptors (Lipinski definition) is 5. The van der Waals surface area contributed by atoms with E-state index in [1.54, 1.807) is 44.2 Å². The summed E-state index contributed by atoms with van der Waals surface area (Å²) in [6, 6.07) is 14.2. The maximum absolute atomic E-state index is 13.2. The number of hydrogen-bond donors (Lipinski definition) is 1. The molecule has 190 valence electrons. The van der Waals surface area contributed by atoms with Crippen molar-refractivity contribution in [2.45, 2.75) is 20.5 Å². The molecule has 1 aliphatic heterocycles. The highest BCUT2D eigenvalue weighted by Gasteiger charge is 2.37. The van der Waals surface area contributed by atoms with Crippen molar-refractivity contribution in [2.24, 2.45) is 0 Å². The van der Waals surface area contributed by atoms with Crippen LogP contribution in [0.15, 0.2) is 60.2 Å². The monoisotopic (exact) mass is 558 g/mol. The van der Waals surface area contributed by atoms with E-state index in [0.717, 1.165) is 16.0 Å². The molecule has 1 fully saturated rings. The van der Waals surface area contributed by atoms with Gasteiger partial charge in [-0.3, -0.25) is 14.9 Å². The van der Waals surface area contributed by atoms with E-state index < -0.39 is 17.8 Å². The third kappa shape index (κ3) is 5.91. The number of nitrogens with zero attached hydrogens (tertiary/aromatic N) is 1. The Labute approximate surface area is 228 Å². The van der Waals surface area contributed by atoms with Crippen LogP contribution in [-0.4, -0.2) is 24.5 Å². The second kappa shape index (κ2) is 11.3. The summed E-state index contributed by atoms with van der Waals surface area (Å²) in [7, 11) is 0. The molecule has 4 amide bonds. The first-order chi connectivity index (χ1) is 17.7. The number of anilines is 1. The number of urea groups is 1. The van der Waals surface area contributed by atoms with Gasteiger partial charge in [0.15, 0.2) is 11.5 Å². The van der Waals surface area contributed by atoms with Crippen LogP contribution in [0.2, 0.25) is 15.1 Å². The number of halogens is 3. The minimum absolute atomic E-state index is 0.192. The highest BCUT2D eigenvalue weighted by molar-refractivity contribution is 6.39. The van der Waals surface area contributed by atoms with Gasteiger partial charge in [-0.2, -0.15) is 0 Å². The van der Waals surface area contributed by atoms with E-state index in [4.69, 9.17) is 44.3 Å². The molecule has 0 atom stereocenters. The highest BCUT2D eigenvalue weighted by atomic mass is 35.5.